The van der Waals surface area contributed by atoms with Gasteiger partial charge in [-0.3, -0.25) is 20.4 Å². The number of benzene rings is 1. The van der Waals surface area contributed by atoms with Gasteiger partial charge in [0.05, 0.1) is 5.56 Å². The van der Waals surface area contributed by atoms with Crippen molar-refractivity contribution in [3.63, 3.8) is 0 Å². The Bertz CT molecular complexity index is 691. The van der Waals surface area contributed by atoms with E-state index in [1.54, 1.807) is 26.0 Å². The maximum absolute atomic E-state index is 11.9. The first-order valence-corrected chi connectivity index (χ1v) is 6.81. The number of hydrogen-bond acceptors (Lipinski definition) is 4. The van der Waals surface area contributed by atoms with Gasteiger partial charge in [-0.25, -0.2) is 0 Å². The number of aryl methyl sites for hydroxylation is 3. The Balaban J connectivity index is 1.80. The van der Waals surface area contributed by atoms with Crippen LogP contribution in [0.5, 0.6) is 5.75 Å². The number of hydrazine groups is 1. The van der Waals surface area contributed by atoms with Gasteiger partial charge in [0, 0.05) is 0 Å². The van der Waals surface area contributed by atoms with Crippen molar-refractivity contribution in [3.05, 3.63) is 53.0 Å². The number of nitrogens with one attached hydrogen (secondary N) is 2. The lowest BCUT2D eigenvalue weighted by Gasteiger charge is -2.08. The van der Waals surface area contributed by atoms with Crippen LogP contribution in [-0.2, 0) is 4.79 Å². The van der Waals surface area contributed by atoms with E-state index < -0.39 is 11.8 Å². The van der Waals surface area contributed by atoms with Gasteiger partial charge in [0.15, 0.2) is 6.61 Å². The third-order valence-corrected chi connectivity index (χ3v) is 2.96. The molecule has 22 heavy (non-hydrogen) atoms. The minimum Gasteiger partial charge on any atom is -0.484 e. The summed E-state index contributed by atoms with van der Waals surface area (Å²) in [6, 6.07) is 8.97. The number of hydrogen-bond donors (Lipinski definition) is 2. The molecule has 0 atom stereocenters. The normalized spacial score (nSPS) is 10.1. The molecule has 0 aliphatic carbocycles. The van der Waals surface area contributed by atoms with Gasteiger partial charge in [0.25, 0.3) is 11.8 Å². The van der Waals surface area contributed by atoms with Crippen LogP contribution in [0.25, 0.3) is 0 Å². The van der Waals surface area contributed by atoms with Crippen LogP contribution in [0.15, 0.2) is 34.7 Å². The maximum atomic E-state index is 11.9. The maximum Gasteiger partial charge on any atom is 0.276 e. The van der Waals surface area contributed by atoms with Gasteiger partial charge in [-0.2, -0.15) is 0 Å². The van der Waals surface area contributed by atoms with Crippen molar-refractivity contribution in [1.29, 1.82) is 0 Å². The molecule has 116 valence electrons. The van der Waals surface area contributed by atoms with Crippen molar-refractivity contribution in [2.24, 2.45) is 0 Å². The Hall–Kier alpha value is -2.76. The number of rotatable bonds is 4. The van der Waals surface area contributed by atoms with Crippen LogP contribution in [-0.4, -0.2) is 18.4 Å². The first kappa shape index (κ1) is 15.6. The topological polar surface area (TPSA) is 80.6 Å². The highest BCUT2D eigenvalue weighted by Gasteiger charge is 2.14. The Labute approximate surface area is 128 Å². The fourth-order valence-corrected chi connectivity index (χ4v) is 1.94. The molecule has 0 saturated carbocycles. The van der Waals surface area contributed by atoms with Gasteiger partial charge >= 0.3 is 0 Å². The number of furan rings is 1. The van der Waals surface area contributed by atoms with E-state index >= 15 is 0 Å². The fourth-order valence-electron chi connectivity index (χ4n) is 1.94. The molecule has 2 rings (SSSR count). The molecule has 1 aromatic heterocycles. The summed E-state index contributed by atoms with van der Waals surface area (Å²) in [4.78, 5) is 23.5. The van der Waals surface area contributed by atoms with Gasteiger partial charge in [0.1, 0.15) is 17.3 Å². The van der Waals surface area contributed by atoms with Gasteiger partial charge in [-0.05, 0) is 44.5 Å². The molecule has 0 spiro atoms. The van der Waals surface area contributed by atoms with Gasteiger partial charge in [-0.15, -0.1) is 0 Å². The molecule has 1 heterocycles. The molecular formula is C16H18N2O4. The van der Waals surface area contributed by atoms with E-state index in [0.29, 0.717) is 22.8 Å². The summed E-state index contributed by atoms with van der Waals surface area (Å²) in [5, 5.41) is 0. The molecule has 2 N–H and O–H groups in total. The highest BCUT2D eigenvalue weighted by molar-refractivity contribution is 5.96. The second kappa shape index (κ2) is 6.80. The number of ether oxygens (including phenoxy) is 1. The van der Waals surface area contributed by atoms with Crippen molar-refractivity contribution in [2.45, 2.75) is 20.8 Å². The average molecular weight is 302 g/mol. The van der Waals surface area contributed by atoms with Crippen LogP contribution in [0.1, 0.15) is 27.4 Å². The number of amides is 2. The highest BCUT2D eigenvalue weighted by Crippen LogP contribution is 2.13. The monoisotopic (exact) mass is 302 g/mol. The van der Waals surface area contributed by atoms with Crippen molar-refractivity contribution in [2.75, 3.05) is 6.61 Å². The Kier molecular flexibility index (Phi) is 4.83. The van der Waals surface area contributed by atoms with E-state index in [0.717, 1.165) is 5.56 Å². The molecule has 1 aromatic carbocycles. The van der Waals surface area contributed by atoms with E-state index in [4.69, 9.17) is 9.15 Å². The predicted octanol–water partition coefficient (Wildman–Crippen LogP) is 2.04. The second-order valence-corrected chi connectivity index (χ2v) is 4.93. The molecule has 0 unspecified atom stereocenters. The summed E-state index contributed by atoms with van der Waals surface area (Å²) in [5.74, 6) is 0.853. The smallest absolute Gasteiger partial charge is 0.276 e. The molecule has 2 amide bonds. The summed E-state index contributed by atoms with van der Waals surface area (Å²) in [6.45, 7) is 5.18. The number of carbonyl (C=O) groups is 2. The average Bonchev–Trinajstić information content (AvgIpc) is 2.81. The summed E-state index contributed by atoms with van der Waals surface area (Å²) in [6.07, 6.45) is 0. The van der Waals surface area contributed by atoms with Gasteiger partial charge < -0.3 is 9.15 Å². The van der Waals surface area contributed by atoms with Crippen LogP contribution >= 0.6 is 0 Å². The lowest BCUT2D eigenvalue weighted by Crippen LogP contribution is -2.43. The predicted molar refractivity (Wildman–Crippen MR) is 80.5 cm³/mol. The third-order valence-electron chi connectivity index (χ3n) is 2.96. The lowest BCUT2D eigenvalue weighted by molar-refractivity contribution is -0.123. The largest absolute Gasteiger partial charge is 0.484 e. The van der Waals surface area contributed by atoms with Gasteiger partial charge in [0.2, 0.25) is 0 Å². The Morgan fingerprint density at radius 1 is 1.14 bits per heavy atom. The lowest BCUT2D eigenvalue weighted by atomic mass is 10.2. The Morgan fingerprint density at radius 2 is 1.91 bits per heavy atom. The molecule has 2 aromatic rings. The summed E-state index contributed by atoms with van der Waals surface area (Å²) in [7, 11) is 0. The molecule has 0 aliphatic heterocycles. The van der Waals surface area contributed by atoms with Crippen LogP contribution in [0.2, 0.25) is 0 Å². The van der Waals surface area contributed by atoms with Crippen molar-refractivity contribution >= 4 is 11.8 Å². The van der Waals surface area contributed by atoms with Crippen molar-refractivity contribution in [1.82, 2.24) is 10.9 Å². The first-order valence-electron chi connectivity index (χ1n) is 6.81. The van der Waals surface area contributed by atoms with E-state index in [2.05, 4.69) is 10.9 Å². The zero-order valence-electron chi connectivity index (χ0n) is 12.7. The van der Waals surface area contributed by atoms with Crippen LogP contribution in [0.3, 0.4) is 0 Å². The standard InChI is InChI=1S/C16H18N2O4/c1-10-5-4-6-13(7-10)21-9-15(19)17-18-16(20)14-8-11(2)22-12(14)3/h4-8H,9H2,1-3H3,(H,17,19)(H,18,20). The highest BCUT2D eigenvalue weighted by atomic mass is 16.5. The quantitative estimate of drug-likeness (QED) is 0.847. The molecule has 0 radical (unpaired) electrons. The minimum absolute atomic E-state index is 0.187. The number of carbonyl (C=O) groups excluding carboxylic acids is 2. The van der Waals surface area contributed by atoms with E-state index in [9.17, 15) is 9.59 Å². The molecule has 6 nitrogen and oxygen atoms in total. The molecule has 0 saturated heterocycles. The van der Waals surface area contributed by atoms with Crippen LogP contribution in [0, 0.1) is 20.8 Å². The zero-order chi connectivity index (χ0) is 16.1. The summed E-state index contributed by atoms with van der Waals surface area (Å²) >= 11 is 0. The van der Waals surface area contributed by atoms with Crippen LogP contribution < -0.4 is 15.6 Å². The Morgan fingerprint density at radius 3 is 2.55 bits per heavy atom. The molecule has 0 aliphatic rings. The van der Waals surface area contributed by atoms with Gasteiger partial charge in [-0.1, -0.05) is 12.1 Å². The van der Waals surface area contributed by atoms with E-state index in [1.165, 1.54) is 0 Å². The SMILES string of the molecule is Cc1cccc(OCC(=O)NNC(=O)c2cc(C)oc2C)c1. The molecule has 0 bridgehead atoms. The molecule has 0 fully saturated rings. The summed E-state index contributed by atoms with van der Waals surface area (Å²) in [5.41, 5.74) is 6.04. The zero-order valence-corrected chi connectivity index (χ0v) is 12.7. The van der Waals surface area contributed by atoms with E-state index in [-0.39, 0.29) is 6.61 Å². The van der Waals surface area contributed by atoms with Crippen molar-refractivity contribution < 1.29 is 18.7 Å². The summed E-state index contributed by atoms with van der Waals surface area (Å²) < 4.78 is 10.6. The minimum atomic E-state index is -0.451. The van der Waals surface area contributed by atoms with E-state index in [1.807, 2.05) is 25.1 Å². The fraction of sp³-hybridized carbons (Fsp3) is 0.250. The molecule has 6 heteroatoms. The van der Waals surface area contributed by atoms with Crippen LogP contribution in [0.4, 0.5) is 0 Å². The molecular weight excluding hydrogens is 284 g/mol. The third kappa shape index (κ3) is 4.12. The first-order chi connectivity index (χ1) is 10.5. The second-order valence-electron chi connectivity index (χ2n) is 4.93. The van der Waals surface area contributed by atoms with Crippen molar-refractivity contribution in [3.8, 4) is 5.75 Å².